The van der Waals surface area contributed by atoms with Crippen molar-refractivity contribution in [1.29, 1.82) is 0 Å². The number of nitrogens with zero attached hydrogens (tertiary/aromatic N) is 1. The van der Waals surface area contributed by atoms with E-state index < -0.39 is 12.1 Å². The zero-order valence-electron chi connectivity index (χ0n) is 19.9. The van der Waals surface area contributed by atoms with Gasteiger partial charge in [-0.1, -0.05) is 42.5 Å². The quantitative estimate of drug-likeness (QED) is 0.409. The Bertz CT molecular complexity index is 1220. The summed E-state index contributed by atoms with van der Waals surface area (Å²) < 4.78 is 16.7. The van der Waals surface area contributed by atoms with E-state index in [4.69, 9.17) is 14.2 Å². The van der Waals surface area contributed by atoms with E-state index in [1.807, 2.05) is 18.2 Å². The molecule has 186 valence electrons. The molecule has 1 N–H and O–H groups in total. The molecule has 8 nitrogen and oxygen atoms in total. The zero-order chi connectivity index (χ0) is 25.5. The maximum atomic E-state index is 12.8. The number of ketones is 1. The van der Waals surface area contributed by atoms with Gasteiger partial charge in [0.05, 0.1) is 12.2 Å². The van der Waals surface area contributed by atoms with Gasteiger partial charge >= 0.3 is 5.97 Å². The van der Waals surface area contributed by atoms with Crippen molar-refractivity contribution in [2.75, 3.05) is 31.3 Å². The summed E-state index contributed by atoms with van der Waals surface area (Å²) >= 11 is 0. The number of carboxylic acids is 1. The minimum Gasteiger partial charge on any atom is -0.492 e. The molecule has 3 aromatic rings. The van der Waals surface area contributed by atoms with Crippen LogP contribution < -0.4 is 14.4 Å². The summed E-state index contributed by atoms with van der Waals surface area (Å²) in [5.74, 6) is -0.230. The fraction of sp³-hybridized carbons (Fsp3) is 0.250. The number of carboxylic acid groups (broad SMARTS) is 1. The smallest absolute Gasteiger partial charge is 0.333 e. The highest BCUT2D eigenvalue weighted by Gasteiger charge is 2.26. The minimum atomic E-state index is -0.996. The van der Waals surface area contributed by atoms with Gasteiger partial charge in [-0.15, -0.1) is 0 Å². The number of carbonyl (C=O) groups is 3. The molecule has 0 bridgehead atoms. The molecule has 1 atom stereocenters. The number of hydrogen-bond acceptors (Lipinski definition) is 6. The van der Waals surface area contributed by atoms with Crippen LogP contribution in [-0.4, -0.2) is 55.2 Å². The first kappa shape index (κ1) is 24.9. The van der Waals surface area contributed by atoms with Crippen molar-refractivity contribution in [1.82, 2.24) is 0 Å². The van der Waals surface area contributed by atoms with Gasteiger partial charge in [-0.2, -0.15) is 0 Å². The Kier molecular flexibility index (Phi) is 7.97. The summed E-state index contributed by atoms with van der Waals surface area (Å²) in [5, 5.41) is 9.24. The highest BCUT2D eigenvalue weighted by molar-refractivity contribution is 6.10. The highest BCUT2D eigenvalue weighted by atomic mass is 16.5. The highest BCUT2D eigenvalue weighted by Crippen LogP contribution is 2.33. The Labute approximate surface area is 209 Å². The third-order valence-corrected chi connectivity index (χ3v) is 5.77. The predicted octanol–water partition coefficient (Wildman–Crippen LogP) is 3.75. The molecular formula is C28H27NO7. The van der Waals surface area contributed by atoms with Crippen LogP contribution in [0.1, 0.15) is 28.4 Å². The Hall–Kier alpha value is -4.17. The fourth-order valence-corrected chi connectivity index (χ4v) is 3.96. The molecule has 0 saturated heterocycles. The summed E-state index contributed by atoms with van der Waals surface area (Å²) in [4.78, 5) is 38.1. The molecule has 0 aromatic heterocycles. The van der Waals surface area contributed by atoms with Crippen LogP contribution >= 0.6 is 0 Å². The van der Waals surface area contributed by atoms with Crippen LogP contribution in [0.3, 0.4) is 0 Å². The van der Waals surface area contributed by atoms with Crippen LogP contribution in [0.25, 0.3) is 0 Å². The largest absolute Gasteiger partial charge is 0.492 e. The van der Waals surface area contributed by atoms with E-state index in [0.29, 0.717) is 41.5 Å². The standard InChI is InChI=1S/C28H27NO7/c1-2-34-25(28(32)33)16-19-8-11-22(12-9-19)35-15-14-29-23-13-10-21(17-24(23)36-18-26(29)30)27(31)20-6-4-3-5-7-20/h3-13,17,25H,2,14-16,18H2,1H3,(H,32,33). The lowest BCUT2D eigenvalue weighted by atomic mass is 10.0. The third kappa shape index (κ3) is 5.90. The van der Waals surface area contributed by atoms with Gasteiger partial charge < -0.3 is 24.2 Å². The Morgan fingerprint density at radius 2 is 1.78 bits per heavy atom. The summed E-state index contributed by atoms with van der Waals surface area (Å²) in [6, 6.07) is 21.2. The van der Waals surface area contributed by atoms with Crippen molar-refractivity contribution < 1.29 is 33.7 Å². The van der Waals surface area contributed by atoms with Gasteiger partial charge in [-0.05, 0) is 42.8 Å². The number of hydrogen-bond donors (Lipinski definition) is 1. The summed E-state index contributed by atoms with van der Waals surface area (Å²) in [6.07, 6.45) is -0.630. The van der Waals surface area contributed by atoms with Crippen molar-refractivity contribution in [2.45, 2.75) is 19.4 Å². The SMILES string of the molecule is CCOC(Cc1ccc(OCCN2C(=O)COc3cc(C(=O)c4ccccc4)ccc32)cc1)C(=O)O. The summed E-state index contributed by atoms with van der Waals surface area (Å²) in [6.45, 7) is 2.51. The van der Waals surface area contributed by atoms with Gasteiger partial charge in [0.1, 0.15) is 18.1 Å². The summed E-state index contributed by atoms with van der Waals surface area (Å²) in [7, 11) is 0. The van der Waals surface area contributed by atoms with Crippen molar-refractivity contribution in [3.8, 4) is 11.5 Å². The first-order chi connectivity index (χ1) is 17.5. The third-order valence-electron chi connectivity index (χ3n) is 5.77. The van der Waals surface area contributed by atoms with E-state index in [2.05, 4.69) is 0 Å². The molecular weight excluding hydrogens is 462 g/mol. The minimum absolute atomic E-state index is 0.116. The number of benzene rings is 3. The second-order valence-corrected chi connectivity index (χ2v) is 8.19. The number of carbonyl (C=O) groups excluding carboxylic acids is 2. The second kappa shape index (κ2) is 11.5. The topological polar surface area (TPSA) is 102 Å². The van der Waals surface area contributed by atoms with Gasteiger partial charge in [0.15, 0.2) is 18.5 Å². The van der Waals surface area contributed by atoms with Crippen molar-refractivity contribution in [2.24, 2.45) is 0 Å². The Balaban J connectivity index is 1.37. The van der Waals surface area contributed by atoms with Crippen LogP contribution in [0, 0.1) is 0 Å². The molecule has 0 aliphatic carbocycles. The normalized spacial score (nSPS) is 13.5. The number of anilines is 1. The molecule has 8 heteroatoms. The van der Waals surface area contributed by atoms with Gasteiger partial charge in [0.2, 0.25) is 0 Å². The zero-order valence-corrected chi connectivity index (χ0v) is 19.9. The molecule has 4 rings (SSSR count). The van der Waals surface area contributed by atoms with E-state index in [0.717, 1.165) is 5.56 Å². The monoisotopic (exact) mass is 489 g/mol. The van der Waals surface area contributed by atoms with Crippen LogP contribution in [0.2, 0.25) is 0 Å². The van der Waals surface area contributed by atoms with Crippen LogP contribution in [0.4, 0.5) is 5.69 Å². The van der Waals surface area contributed by atoms with Gasteiger partial charge in [-0.25, -0.2) is 4.79 Å². The first-order valence-corrected chi connectivity index (χ1v) is 11.7. The van der Waals surface area contributed by atoms with Crippen molar-refractivity contribution in [3.05, 3.63) is 89.5 Å². The molecule has 1 aliphatic rings. The van der Waals surface area contributed by atoms with Crippen LogP contribution in [0.15, 0.2) is 72.8 Å². The number of fused-ring (bicyclic) bond motifs is 1. The first-order valence-electron chi connectivity index (χ1n) is 11.7. The maximum Gasteiger partial charge on any atom is 0.333 e. The lowest BCUT2D eigenvalue weighted by molar-refractivity contribution is -0.149. The maximum absolute atomic E-state index is 12.8. The van der Waals surface area contributed by atoms with E-state index in [1.54, 1.807) is 66.4 Å². The molecule has 1 aliphatic heterocycles. The number of aliphatic carboxylic acids is 1. The molecule has 1 amide bonds. The predicted molar refractivity (Wildman–Crippen MR) is 133 cm³/mol. The van der Waals surface area contributed by atoms with Crippen LogP contribution in [0.5, 0.6) is 11.5 Å². The molecule has 0 fully saturated rings. The molecule has 0 saturated carbocycles. The fourth-order valence-electron chi connectivity index (χ4n) is 3.96. The van der Waals surface area contributed by atoms with Gasteiger partial charge in [-0.3, -0.25) is 9.59 Å². The lowest BCUT2D eigenvalue weighted by Gasteiger charge is -2.29. The Morgan fingerprint density at radius 3 is 2.47 bits per heavy atom. The molecule has 1 heterocycles. The van der Waals surface area contributed by atoms with Crippen molar-refractivity contribution >= 4 is 23.3 Å². The van der Waals surface area contributed by atoms with E-state index >= 15 is 0 Å². The molecule has 36 heavy (non-hydrogen) atoms. The van der Waals surface area contributed by atoms with Crippen LogP contribution in [-0.2, 0) is 20.7 Å². The summed E-state index contributed by atoms with van der Waals surface area (Å²) in [5.41, 5.74) is 2.48. The van der Waals surface area contributed by atoms with E-state index in [-0.39, 0.29) is 31.3 Å². The van der Waals surface area contributed by atoms with E-state index in [9.17, 15) is 19.5 Å². The lowest BCUT2D eigenvalue weighted by Crippen LogP contribution is -2.41. The average Bonchev–Trinajstić information content (AvgIpc) is 2.90. The van der Waals surface area contributed by atoms with E-state index in [1.165, 1.54) is 0 Å². The van der Waals surface area contributed by atoms with Gasteiger partial charge in [0, 0.05) is 24.2 Å². The number of rotatable bonds is 11. The van der Waals surface area contributed by atoms with Gasteiger partial charge in [0.25, 0.3) is 5.91 Å². The number of ether oxygens (including phenoxy) is 3. The molecule has 0 radical (unpaired) electrons. The molecule has 1 unspecified atom stereocenters. The average molecular weight is 490 g/mol. The Morgan fingerprint density at radius 1 is 1.03 bits per heavy atom. The molecule has 3 aromatic carbocycles. The number of amides is 1. The molecule has 0 spiro atoms. The van der Waals surface area contributed by atoms with Crippen molar-refractivity contribution in [3.63, 3.8) is 0 Å². The second-order valence-electron chi connectivity index (χ2n) is 8.19.